The molecule has 1 saturated heterocycles. The second kappa shape index (κ2) is 6.78. The zero-order chi connectivity index (χ0) is 18.1. The summed E-state index contributed by atoms with van der Waals surface area (Å²) in [4.78, 5) is -0.719. The first-order valence-electron chi connectivity index (χ1n) is 7.60. The Morgan fingerprint density at radius 2 is 1.60 bits per heavy atom. The van der Waals surface area contributed by atoms with Gasteiger partial charge in [-0.1, -0.05) is 42.5 Å². The molecule has 0 amide bonds. The minimum atomic E-state index is -4.72. The molecule has 8 heteroatoms. The summed E-state index contributed by atoms with van der Waals surface area (Å²) in [5.41, 5.74) is -0.199. The summed E-state index contributed by atoms with van der Waals surface area (Å²) < 4.78 is 70.7. The van der Waals surface area contributed by atoms with Crippen molar-refractivity contribution < 1.29 is 26.3 Å². The molecular formula is C17H16F3NO3S. The normalized spacial score (nSPS) is 16.6. The Kier molecular flexibility index (Phi) is 4.86. The average molecular weight is 371 g/mol. The molecule has 1 aliphatic heterocycles. The molecule has 1 aliphatic rings. The van der Waals surface area contributed by atoms with Crippen molar-refractivity contribution in [3.63, 3.8) is 0 Å². The SMILES string of the molecule is O=S(=O)(c1ccccc1C(F)(F)F)N1CC(OCc2ccccc2)C1. The van der Waals surface area contributed by atoms with Crippen LogP contribution in [-0.4, -0.2) is 31.9 Å². The van der Waals surface area contributed by atoms with Crippen molar-refractivity contribution in [3.05, 3.63) is 65.7 Å². The van der Waals surface area contributed by atoms with Crippen LogP contribution in [0.5, 0.6) is 0 Å². The lowest BCUT2D eigenvalue weighted by molar-refractivity contribution is -0.140. The van der Waals surface area contributed by atoms with Gasteiger partial charge in [0.05, 0.1) is 23.2 Å². The van der Waals surface area contributed by atoms with Crippen LogP contribution in [0.15, 0.2) is 59.5 Å². The maximum atomic E-state index is 13.0. The Hall–Kier alpha value is -1.90. The van der Waals surface area contributed by atoms with Gasteiger partial charge >= 0.3 is 6.18 Å². The average Bonchev–Trinajstić information content (AvgIpc) is 2.53. The van der Waals surface area contributed by atoms with E-state index in [1.807, 2.05) is 30.3 Å². The first-order chi connectivity index (χ1) is 11.8. The molecule has 4 nitrogen and oxygen atoms in total. The Bertz CT molecular complexity index is 832. The van der Waals surface area contributed by atoms with E-state index in [-0.39, 0.29) is 19.2 Å². The van der Waals surface area contributed by atoms with Crippen molar-refractivity contribution in [2.24, 2.45) is 0 Å². The monoisotopic (exact) mass is 371 g/mol. The molecular weight excluding hydrogens is 355 g/mol. The van der Waals surface area contributed by atoms with Gasteiger partial charge in [0.2, 0.25) is 10.0 Å². The first kappa shape index (κ1) is 17.9. The number of hydrogen-bond acceptors (Lipinski definition) is 3. The molecule has 2 aromatic carbocycles. The fourth-order valence-electron chi connectivity index (χ4n) is 2.56. The van der Waals surface area contributed by atoms with Gasteiger partial charge in [-0.2, -0.15) is 17.5 Å². The standard InChI is InChI=1S/C17H16F3NO3S/c18-17(19,20)15-8-4-5-9-16(15)25(22,23)21-10-14(11-21)24-12-13-6-2-1-3-7-13/h1-9,14H,10-12H2. The second-order valence-corrected chi connectivity index (χ2v) is 7.64. The van der Waals surface area contributed by atoms with Crippen molar-refractivity contribution in [3.8, 4) is 0 Å². The third kappa shape index (κ3) is 3.86. The number of hydrogen-bond donors (Lipinski definition) is 0. The highest BCUT2D eigenvalue weighted by Gasteiger charge is 2.42. The molecule has 2 aromatic rings. The summed E-state index contributed by atoms with van der Waals surface area (Å²) in [6, 6.07) is 13.6. The Balaban J connectivity index is 1.66. The largest absolute Gasteiger partial charge is 0.417 e. The zero-order valence-electron chi connectivity index (χ0n) is 13.1. The topological polar surface area (TPSA) is 46.6 Å². The highest BCUT2D eigenvalue weighted by atomic mass is 32.2. The van der Waals surface area contributed by atoms with E-state index in [1.54, 1.807) is 0 Å². The van der Waals surface area contributed by atoms with E-state index in [9.17, 15) is 21.6 Å². The molecule has 0 aromatic heterocycles. The quantitative estimate of drug-likeness (QED) is 0.810. The Labute approximate surface area is 143 Å². The van der Waals surface area contributed by atoms with Gasteiger partial charge in [-0.3, -0.25) is 0 Å². The summed E-state index contributed by atoms with van der Waals surface area (Å²) in [6.45, 7) is 0.418. The molecule has 0 atom stereocenters. The highest BCUT2D eigenvalue weighted by molar-refractivity contribution is 7.89. The zero-order valence-corrected chi connectivity index (χ0v) is 13.9. The van der Waals surface area contributed by atoms with Gasteiger partial charge in [0.1, 0.15) is 0 Å². The number of rotatable bonds is 5. The smallest absolute Gasteiger partial charge is 0.371 e. The van der Waals surface area contributed by atoms with Crippen LogP contribution < -0.4 is 0 Å². The number of ether oxygens (including phenoxy) is 1. The molecule has 0 bridgehead atoms. The molecule has 0 unspecified atom stereocenters. The van der Waals surface area contributed by atoms with Crippen molar-refractivity contribution >= 4 is 10.0 Å². The van der Waals surface area contributed by atoms with Crippen molar-refractivity contribution in [2.75, 3.05) is 13.1 Å². The number of alkyl halides is 3. The Morgan fingerprint density at radius 1 is 1.00 bits per heavy atom. The van der Waals surface area contributed by atoms with E-state index < -0.39 is 26.7 Å². The molecule has 3 rings (SSSR count). The molecule has 0 N–H and O–H groups in total. The molecule has 1 fully saturated rings. The fourth-order valence-corrected chi connectivity index (χ4v) is 4.27. The fraction of sp³-hybridized carbons (Fsp3) is 0.294. The van der Waals surface area contributed by atoms with E-state index >= 15 is 0 Å². The van der Waals surface area contributed by atoms with Gasteiger partial charge < -0.3 is 4.74 Å². The highest BCUT2D eigenvalue weighted by Crippen LogP contribution is 2.36. The van der Waals surface area contributed by atoms with E-state index in [4.69, 9.17) is 4.74 Å². The third-order valence-electron chi connectivity index (χ3n) is 3.95. The van der Waals surface area contributed by atoms with Crippen LogP contribution in [-0.2, 0) is 27.5 Å². The minimum absolute atomic E-state index is 0.0430. The van der Waals surface area contributed by atoms with Gasteiger partial charge in [-0.15, -0.1) is 0 Å². The molecule has 134 valence electrons. The van der Waals surface area contributed by atoms with Gasteiger partial charge in [0.15, 0.2) is 0 Å². The summed E-state index contributed by atoms with van der Waals surface area (Å²) in [6.07, 6.45) is -5.05. The van der Waals surface area contributed by atoms with Crippen LogP contribution in [0.25, 0.3) is 0 Å². The summed E-state index contributed by atoms with van der Waals surface area (Å²) in [5.74, 6) is 0. The number of benzene rings is 2. The molecule has 0 aliphatic carbocycles. The maximum absolute atomic E-state index is 13.0. The maximum Gasteiger partial charge on any atom is 0.417 e. The van der Waals surface area contributed by atoms with E-state index in [1.165, 1.54) is 12.1 Å². The van der Waals surface area contributed by atoms with Gasteiger partial charge in [-0.05, 0) is 17.7 Å². The molecule has 0 saturated carbocycles. The van der Waals surface area contributed by atoms with Crippen LogP contribution in [0.4, 0.5) is 13.2 Å². The lowest BCUT2D eigenvalue weighted by Gasteiger charge is -2.38. The lowest BCUT2D eigenvalue weighted by atomic mass is 10.2. The number of sulfonamides is 1. The number of nitrogens with zero attached hydrogens (tertiary/aromatic N) is 1. The minimum Gasteiger partial charge on any atom is -0.371 e. The van der Waals surface area contributed by atoms with E-state index in [0.29, 0.717) is 6.61 Å². The van der Waals surface area contributed by atoms with Crippen LogP contribution in [0, 0.1) is 0 Å². The van der Waals surface area contributed by atoms with Crippen molar-refractivity contribution in [2.45, 2.75) is 23.8 Å². The van der Waals surface area contributed by atoms with Crippen molar-refractivity contribution in [1.29, 1.82) is 0 Å². The third-order valence-corrected chi connectivity index (χ3v) is 5.84. The summed E-state index contributed by atoms with van der Waals surface area (Å²) in [7, 11) is -4.20. The van der Waals surface area contributed by atoms with Crippen LogP contribution in [0.1, 0.15) is 11.1 Å². The van der Waals surface area contributed by atoms with Gasteiger partial charge in [-0.25, -0.2) is 8.42 Å². The molecule has 0 spiro atoms. The second-order valence-electron chi connectivity index (χ2n) is 5.73. The first-order valence-corrected chi connectivity index (χ1v) is 9.04. The summed E-state index contributed by atoms with van der Waals surface area (Å²) in [5, 5.41) is 0. The molecule has 0 radical (unpaired) electrons. The van der Waals surface area contributed by atoms with Gasteiger partial charge in [0, 0.05) is 13.1 Å². The number of halogens is 3. The van der Waals surface area contributed by atoms with E-state index in [2.05, 4.69) is 0 Å². The molecule has 25 heavy (non-hydrogen) atoms. The predicted octanol–water partition coefficient (Wildman–Crippen LogP) is 3.30. The Morgan fingerprint density at radius 3 is 2.24 bits per heavy atom. The van der Waals surface area contributed by atoms with E-state index in [0.717, 1.165) is 22.0 Å². The van der Waals surface area contributed by atoms with Crippen LogP contribution >= 0.6 is 0 Å². The van der Waals surface area contributed by atoms with Crippen molar-refractivity contribution in [1.82, 2.24) is 4.31 Å². The summed E-state index contributed by atoms with van der Waals surface area (Å²) >= 11 is 0. The van der Waals surface area contributed by atoms with Gasteiger partial charge in [0.25, 0.3) is 0 Å². The molecule has 1 heterocycles. The van der Waals surface area contributed by atoms with Crippen LogP contribution in [0.2, 0.25) is 0 Å². The predicted molar refractivity (Wildman–Crippen MR) is 85.2 cm³/mol. The van der Waals surface area contributed by atoms with Crippen LogP contribution in [0.3, 0.4) is 0 Å². The lowest BCUT2D eigenvalue weighted by Crippen LogP contribution is -2.54.